The molecule has 1 heterocycles. The maximum absolute atomic E-state index is 12.0. The van der Waals surface area contributed by atoms with Gasteiger partial charge in [0.15, 0.2) is 0 Å². The molecule has 0 bridgehead atoms. The van der Waals surface area contributed by atoms with Crippen molar-refractivity contribution >= 4 is 11.5 Å². The normalized spacial score (nSPS) is 10.2. The van der Waals surface area contributed by atoms with E-state index >= 15 is 0 Å². The highest BCUT2D eigenvalue weighted by atomic mass is 16.6. The van der Waals surface area contributed by atoms with Gasteiger partial charge >= 0.3 is 0 Å². The topological polar surface area (TPSA) is 86.2 Å². The number of nitro benzene ring substituents is 1. The highest BCUT2D eigenvalue weighted by molar-refractivity contribution is 6.11. The molecular formula is C11H8N2O4. The summed E-state index contributed by atoms with van der Waals surface area (Å²) in [4.78, 5) is 22.3. The van der Waals surface area contributed by atoms with Crippen molar-refractivity contribution in [2.75, 3.05) is 0 Å². The van der Waals surface area contributed by atoms with E-state index < -0.39 is 10.7 Å². The number of carbonyl (C=O) groups excluding carboxylic acids is 1. The second-order valence-corrected chi connectivity index (χ2v) is 3.40. The van der Waals surface area contributed by atoms with Crippen LogP contribution in [0.25, 0.3) is 0 Å². The molecule has 0 amide bonds. The van der Waals surface area contributed by atoms with Crippen LogP contribution in [0.3, 0.4) is 0 Å². The first kappa shape index (κ1) is 11.0. The molecule has 0 fully saturated rings. The summed E-state index contributed by atoms with van der Waals surface area (Å²) in [5.74, 6) is -0.121. The minimum Gasteiger partial charge on any atom is -0.361 e. The Labute approximate surface area is 96.0 Å². The first-order valence-corrected chi connectivity index (χ1v) is 4.80. The molecule has 0 N–H and O–H groups in total. The van der Waals surface area contributed by atoms with Gasteiger partial charge in [-0.05, 0) is 13.0 Å². The van der Waals surface area contributed by atoms with Crippen LogP contribution in [-0.2, 0) is 0 Å². The summed E-state index contributed by atoms with van der Waals surface area (Å²) in [5, 5.41) is 14.3. The number of aryl methyl sites for hydroxylation is 1. The number of hydrogen-bond acceptors (Lipinski definition) is 5. The number of hydrogen-bond donors (Lipinski definition) is 0. The maximum atomic E-state index is 12.0. The first-order valence-electron chi connectivity index (χ1n) is 4.80. The van der Waals surface area contributed by atoms with E-state index in [0.29, 0.717) is 5.76 Å². The Morgan fingerprint density at radius 2 is 2.06 bits per heavy atom. The lowest BCUT2D eigenvalue weighted by Gasteiger charge is -1.99. The molecule has 0 saturated carbocycles. The number of benzene rings is 1. The fraction of sp³-hybridized carbons (Fsp3) is 0.0909. The predicted octanol–water partition coefficient (Wildman–Crippen LogP) is 2.12. The molecule has 0 aliphatic heterocycles. The summed E-state index contributed by atoms with van der Waals surface area (Å²) in [7, 11) is 0. The zero-order valence-electron chi connectivity index (χ0n) is 8.91. The molecule has 86 valence electrons. The van der Waals surface area contributed by atoms with Crippen molar-refractivity contribution in [1.82, 2.24) is 5.16 Å². The maximum Gasteiger partial charge on any atom is 0.280 e. The van der Waals surface area contributed by atoms with E-state index in [1.165, 1.54) is 24.4 Å². The minimum absolute atomic E-state index is 0.0313. The number of para-hydroxylation sites is 1. The largest absolute Gasteiger partial charge is 0.361 e. The van der Waals surface area contributed by atoms with Crippen LogP contribution in [0.5, 0.6) is 0 Å². The van der Waals surface area contributed by atoms with Crippen molar-refractivity contribution in [3.63, 3.8) is 0 Å². The van der Waals surface area contributed by atoms with Crippen molar-refractivity contribution in [1.29, 1.82) is 0 Å². The van der Waals surface area contributed by atoms with E-state index in [1.807, 2.05) is 0 Å². The lowest BCUT2D eigenvalue weighted by Crippen LogP contribution is -2.05. The van der Waals surface area contributed by atoms with Crippen LogP contribution >= 0.6 is 0 Å². The molecule has 6 heteroatoms. The first-order chi connectivity index (χ1) is 8.11. The number of nitrogens with zero attached hydrogens (tertiary/aromatic N) is 2. The third kappa shape index (κ3) is 1.92. The Morgan fingerprint density at radius 3 is 2.65 bits per heavy atom. The zero-order valence-corrected chi connectivity index (χ0v) is 8.91. The third-order valence-electron chi connectivity index (χ3n) is 2.34. The van der Waals surface area contributed by atoms with Crippen LogP contribution in [0.15, 0.2) is 35.0 Å². The second-order valence-electron chi connectivity index (χ2n) is 3.40. The quantitative estimate of drug-likeness (QED) is 0.459. The summed E-state index contributed by atoms with van der Waals surface area (Å²) in [6.45, 7) is 1.58. The van der Waals surface area contributed by atoms with E-state index in [1.54, 1.807) is 13.0 Å². The molecule has 0 aliphatic carbocycles. The molecule has 1 aromatic heterocycles. The van der Waals surface area contributed by atoms with Crippen LogP contribution < -0.4 is 0 Å². The SMILES string of the molecule is Cc1oncc1C(=O)c1ccccc1[N+](=O)[O-]. The van der Waals surface area contributed by atoms with Gasteiger partial charge in [0.2, 0.25) is 5.78 Å². The second kappa shape index (κ2) is 4.17. The molecule has 0 saturated heterocycles. The average Bonchev–Trinajstić information content (AvgIpc) is 2.74. The highest BCUT2D eigenvalue weighted by Crippen LogP contribution is 2.22. The molecule has 1 aromatic carbocycles. The molecule has 6 nitrogen and oxygen atoms in total. The fourth-order valence-corrected chi connectivity index (χ4v) is 1.49. The summed E-state index contributed by atoms with van der Waals surface area (Å²) < 4.78 is 4.77. The van der Waals surface area contributed by atoms with Crippen LogP contribution in [0, 0.1) is 17.0 Å². The van der Waals surface area contributed by atoms with E-state index in [4.69, 9.17) is 4.52 Å². The number of ketones is 1. The molecule has 2 aromatic rings. The van der Waals surface area contributed by atoms with Crippen molar-refractivity contribution in [3.05, 3.63) is 57.5 Å². The van der Waals surface area contributed by atoms with Crippen LogP contribution in [0.4, 0.5) is 5.69 Å². The van der Waals surface area contributed by atoms with Crippen LogP contribution in [0.1, 0.15) is 21.7 Å². The summed E-state index contributed by atoms with van der Waals surface area (Å²) >= 11 is 0. The van der Waals surface area contributed by atoms with Crippen molar-refractivity contribution in [2.24, 2.45) is 0 Å². The fourth-order valence-electron chi connectivity index (χ4n) is 1.49. The van der Waals surface area contributed by atoms with E-state index in [2.05, 4.69) is 5.16 Å². The predicted molar refractivity (Wildman–Crippen MR) is 57.8 cm³/mol. The summed E-state index contributed by atoms with van der Waals surface area (Å²) in [5.41, 5.74) is 0.0428. The van der Waals surface area contributed by atoms with Gasteiger partial charge in [-0.3, -0.25) is 14.9 Å². The van der Waals surface area contributed by atoms with Crippen molar-refractivity contribution in [2.45, 2.75) is 6.92 Å². The van der Waals surface area contributed by atoms with Gasteiger partial charge in [-0.15, -0.1) is 0 Å². The van der Waals surface area contributed by atoms with Gasteiger partial charge in [0.25, 0.3) is 5.69 Å². The van der Waals surface area contributed by atoms with Gasteiger partial charge < -0.3 is 4.52 Å². The highest BCUT2D eigenvalue weighted by Gasteiger charge is 2.23. The summed E-state index contributed by atoms with van der Waals surface area (Å²) in [6.07, 6.45) is 1.26. The number of aromatic nitrogens is 1. The van der Waals surface area contributed by atoms with Gasteiger partial charge in [0, 0.05) is 6.07 Å². The Morgan fingerprint density at radius 1 is 1.35 bits per heavy atom. The Bertz CT molecular complexity index is 589. The van der Waals surface area contributed by atoms with Crippen molar-refractivity contribution in [3.8, 4) is 0 Å². The van der Waals surface area contributed by atoms with Crippen LogP contribution in [-0.4, -0.2) is 15.9 Å². The van der Waals surface area contributed by atoms with Gasteiger partial charge in [0.05, 0.1) is 16.7 Å². The van der Waals surface area contributed by atoms with Gasteiger partial charge in [-0.1, -0.05) is 17.3 Å². The Hall–Kier alpha value is -2.50. The van der Waals surface area contributed by atoms with Crippen molar-refractivity contribution < 1.29 is 14.2 Å². The average molecular weight is 232 g/mol. The van der Waals surface area contributed by atoms with Gasteiger partial charge in [0.1, 0.15) is 11.3 Å². The molecule has 0 unspecified atom stereocenters. The minimum atomic E-state index is -0.587. The number of carbonyl (C=O) groups is 1. The Balaban J connectivity index is 2.52. The number of nitro groups is 1. The monoisotopic (exact) mass is 232 g/mol. The Kier molecular flexibility index (Phi) is 2.70. The van der Waals surface area contributed by atoms with E-state index in [0.717, 1.165) is 0 Å². The zero-order chi connectivity index (χ0) is 12.4. The van der Waals surface area contributed by atoms with E-state index in [9.17, 15) is 14.9 Å². The third-order valence-corrected chi connectivity index (χ3v) is 2.34. The molecule has 2 rings (SSSR count). The van der Waals surface area contributed by atoms with Gasteiger partial charge in [-0.2, -0.15) is 0 Å². The smallest absolute Gasteiger partial charge is 0.280 e. The van der Waals surface area contributed by atoms with Crippen LogP contribution in [0.2, 0.25) is 0 Å². The molecule has 0 aliphatic rings. The lowest BCUT2D eigenvalue weighted by molar-refractivity contribution is -0.385. The molecular weight excluding hydrogens is 224 g/mol. The van der Waals surface area contributed by atoms with E-state index in [-0.39, 0.29) is 16.8 Å². The molecule has 17 heavy (non-hydrogen) atoms. The van der Waals surface area contributed by atoms with Gasteiger partial charge in [-0.25, -0.2) is 0 Å². The molecule has 0 radical (unpaired) electrons. The molecule has 0 atom stereocenters. The number of rotatable bonds is 3. The molecule has 0 spiro atoms. The summed E-state index contributed by atoms with van der Waals surface area (Å²) in [6, 6.07) is 5.78. The standard InChI is InChI=1S/C11H8N2O4/c1-7-9(6-12-17-7)11(14)8-4-2-3-5-10(8)13(15)16/h2-6H,1H3. The lowest BCUT2D eigenvalue weighted by atomic mass is 10.0.